The highest BCUT2D eigenvalue weighted by Gasteiger charge is 2.24. The van der Waals surface area contributed by atoms with Gasteiger partial charge < -0.3 is 20.7 Å². The predicted molar refractivity (Wildman–Crippen MR) is 146 cm³/mol. The van der Waals surface area contributed by atoms with Gasteiger partial charge in [0.1, 0.15) is 17.7 Å². The van der Waals surface area contributed by atoms with Crippen molar-refractivity contribution in [1.29, 1.82) is 0 Å². The molecule has 0 aliphatic carbocycles. The minimum absolute atomic E-state index is 0.118. The third kappa shape index (κ3) is 6.45. The van der Waals surface area contributed by atoms with E-state index in [0.29, 0.717) is 29.7 Å². The third-order valence-electron chi connectivity index (χ3n) is 6.43. The molecule has 0 fully saturated rings. The molecule has 196 valence electrons. The number of aromatic nitrogens is 2. The molecule has 0 saturated carbocycles. The SMILES string of the molecule is CCc1cc(F)cc(C)c1C(=O)NC(Cc1ccc(-c2cc(CNc3cc(C)ccn3)c[nH]2)cc1)C(=O)O. The van der Waals surface area contributed by atoms with Gasteiger partial charge in [0.25, 0.3) is 5.91 Å². The number of benzene rings is 2. The number of H-pyrrole nitrogens is 1. The quantitative estimate of drug-likeness (QED) is 0.226. The average Bonchev–Trinajstić information content (AvgIpc) is 3.36. The second-order valence-electron chi connectivity index (χ2n) is 9.37. The summed E-state index contributed by atoms with van der Waals surface area (Å²) in [4.78, 5) is 32.5. The number of amides is 1. The number of rotatable bonds is 10. The number of aromatic amines is 1. The van der Waals surface area contributed by atoms with E-state index in [0.717, 1.165) is 33.8 Å². The first kappa shape index (κ1) is 26.6. The third-order valence-corrected chi connectivity index (χ3v) is 6.43. The van der Waals surface area contributed by atoms with Gasteiger partial charge in [0.15, 0.2) is 0 Å². The lowest BCUT2D eigenvalue weighted by Crippen LogP contribution is -2.42. The summed E-state index contributed by atoms with van der Waals surface area (Å²) in [6.45, 7) is 6.11. The van der Waals surface area contributed by atoms with Gasteiger partial charge in [-0.1, -0.05) is 31.2 Å². The van der Waals surface area contributed by atoms with Gasteiger partial charge in [-0.2, -0.15) is 0 Å². The van der Waals surface area contributed by atoms with Crippen LogP contribution in [0.25, 0.3) is 11.3 Å². The normalized spacial score (nSPS) is 11.7. The van der Waals surface area contributed by atoms with Gasteiger partial charge in [-0.05, 0) is 84.0 Å². The number of carboxylic acids is 1. The summed E-state index contributed by atoms with van der Waals surface area (Å²) in [5.41, 5.74) is 6.22. The lowest BCUT2D eigenvalue weighted by Gasteiger charge is -2.17. The first-order valence-corrected chi connectivity index (χ1v) is 12.5. The Labute approximate surface area is 221 Å². The second kappa shape index (κ2) is 11.7. The van der Waals surface area contributed by atoms with Gasteiger partial charge in [0, 0.05) is 36.6 Å². The van der Waals surface area contributed by atoms with Gasteiger partial charge in [-0.15, -0.1) is 0 Å². The molecule has 1 unspecified atom stereocenters. The molecule has 4 N–H and O–H groups in total. The van der Waals surface area contributed by atoms with Crippen molar-refractivity contribution in [3.63, 3.8) is 0 Å². The molecule has 0 spiro atoms. The van der Waals surface area contributed by atoms with E-state index in [1.54, 1.807) is 13.1 Å². The topological polar surface area (TPSA) is 107 Å². The molecule has 8 heteroatoms. The van der Waals surface area contributed by atoms with Gasteiger partial charge in [-0.3, -0.25) is 4.79 Å². The molecule has 0 bridgehead atoms. The number of hydrogen-bond acceptors (Lipinski definition) is 4. The Bertz CT molecular complexity index is 1450. The average molecular weight is 515 g/mol. The van der Waals surface area contributed by atoms with Gasteiger partial charge in [-0.25, -0.2) is 14.2 Å². The second-order valence-corrected chi connectivity index (χ2v) is 9.37. The van der Waals surface area contributed by atoms with Crippen molar-refractivity contribution in [2.45, 2.75) is 46.2 Å². The number of pyridine rings is 1. The molecule has 0 aliphatic heterocycles. The number of anilines is 1. The van der Waals surface area contributed by atoms with Crippen LogP contribution in [0.5, 0.6) is 0 Å². The number of carbonyl (C=O) groups excluding carboxylic acids is 1. The lowest BCUT2D eigenvalue weighted by atomic mass is 9.98. The molecule has 0 aliphatic rings. The van der Waals surface area contributed by atoms with Crippen molar-refractivity contribution < 1.29 is 19.1 Å². The van der Waals surface area contributed by atoms with Gasteiger partial charge >= 0.3 is 5.97 Å². The van der Waals surface area contributed by atoms with Crippen LogP contribution in [0.1, 0.15) is 45.1 Å². The molecular weight excluding hydrogens is 483 g/mol. The summed E-state index contributed by atoms with van der Waals surface area (Å²) in [5, 5.41) is 15.7. The van der Waals surface area contributed by atoms with E-state index in [1.807, 2.05) is 56.4 Å². The maximum atomic E-state index is 13.8. The fraction of sp³-hybridized carbons (Fsp3) is 0.233. The molecule has 4 aromatic rings. The standard InChI is InChI=1S/C30H31FN4O3/c1-4-22-15-24(31)12-19(3)28(22)29(36)35-26(30(37)38)13-20-5-7-23(8-6-20)25-14-21(16-33-25)17-34-27-11-18(2)9-10-32-27/h5-12,14-16,26,33H,4,13,17H2,1-3H3,(H,32,34)(H,35,36)(H,37,38). The van der Waals surface area contributed by atoms with Crippen molar-refractivity contribution in [1.82, 2.24) is 15.3 Å². The smallest absolute Gasteiger partial charge is 0.326 e. The molecule has 0 radical (unpaired) electrons. The van der Waals surface area contributed by atoms with E-state index >= 15 is 0 Å². The van der Waals surface area contributed by atoms with Crippen LogP contribution in [0.15, 0.2) is 67.0 Å². The fourth-order valence-electron chi connectivity index (χ4n) is 4.44. The highest BCUT2D eigenvalue weighted by Crippen LogP contribution is 2.22. The first-order chi connectivity index (χ1) is 18.2. The molecule has 2 aromatic heterocycles. The van der Waals surface area contributed by atoms with Crippen LogP contribution >= 0.6 is 0 Å². The Balaban J connectivity index is 1.41. The Morgan fingerprint density at radius 3 is 2.50 bits per heavy atom. The van der Waals surface area contributed by atoms with E-state index in [1.165, 1.54) is 12.1 Å². The van der Waals surface area contributed by atoms with E-state index in [9.17, 15) is 19.1 Å². The van der Waals surface area contributed by atoms with E-state index in [4.69, 9.17) is 0 Å². The van der Waals surface area contributed by atoms with Crippen LogP contribution in [0.2, 0.25) is 0 Å². The molecule has 4 rings (SSSR count). The van der Waals surface area contributed by atoms with Crippen LogP contribution < -0.4 is 10.6 Å². The number of carboxylic acid groups (broad SMARTS) is 1. The molecule has 0 saturated heterocycles. The minimum Gasteiger partial charge on any atom is -0.480 e. The molecule has 1 amide bonds. The van der Waals surface area contributed by atoms with Crippen molar-refractivity contribution in [3.05, 3.63) is 106 Å². The van der Waals surface area contributed by atoms with Crippen LogP contribution in [-0.2, 0) is 24.2 Å². The predicted octanol–water partition coefficient (Wildman–Crippen LogP) is 5.43. The molecule has 2 aromatic carbocycles. The Kier molecular flexibility index (Phi) is 8.21. The molecule has 38 heavy (non-hydrogen) atoms. The van der Waals surface area contributed by atoms with Crippen molar-refractivity contribution in [3.8, 4) is 11.3 Å². The van der Waals surface area contributed by atoms with Gasteiger partial charge in [0.05, 0.1) is 0 Å². The number of hydrogen-bond donors (Lipinski definition) is 4. The summed E-state index contributed by atoms with van der Waals surface area (Å²) in [5.74, 6) is -1.25. The van der Waals surface area contributed by atoms with E-state index in [2.05, 4.69) is 26.7 Å². The number of nitrogens with one attached hydrogen (secondary N) is 3. The van der Waals surface area contributed by atoms with Crippen LogP contribution in [0, 0.1) is 19.7 Å². The zero-order chi connectivity index (χ0) is 27.2. The number of nitrogens with zero attached hydrogens (tertiary/aromatic N) is 1. The van der Waals surface area contributed by atoms with E-state index in [-0.39, 0.29) is 6.42 Å². The summed E-state index contributed by atoms with van der Waals surface area (Å²) < 4.78 is 13.8. The number of carbonyl (C=O) groups is 2. The Morgan fingerprint density at radius 1 is 1.05 bits per heavy atom. The Morgan fingerprint density at radius 2 is 1.82 bits per heavy atom. The van der Waals surface area contributed by atoms with Crippen LogP contribution in [0.4, 0.5) is 10.2 Å². The van der Waals surface area contributed by atoms with Crippen LogP contribution in [0.3, 0.4) is 0 Å². The largest absolute Gasteiger partial charge is 0.480 e. The number of halogens is 1. The number of aryl methyl sites for hydroxylation is 3. The first-order valence-electron chi connectivity index (χ1n) is 12.5. The molecule has 1 atom stereocenters. The summed E-state index contributed by atoms with van der Waals surface area (Å²) in [6.07, 6.45) is 4.28. The van der Waals surface area contributed by atoms with E-state index < -0.39 is 23.7 Å². The Hall–Kier alpha value is -4.46. The van der Waals surface area contributed by atoms with Crippen molar-refractivity contribution in [2.24, 2.45) is 0 Å². The zero-order valence-corrected chi connectivity index (χ0v) is 21.6. The maximum absolute atomic E-state index is 13.8. The summed E-state index contributed by atoms with van der Waals surface area (Å²) in [7, 11) is 0. The fourth-order valence-corrected chi connectivity index (χ4v) is 4.44. The minimum atomic E-state index is -1.13. The molecule has 2 heterocycles. The molecular formula is C30H31FN4O3. The maximum Gasteiger partial charge on any atom is 0.326 e. The monoisotopic (exact) mass is 514 g/mol. The highest BCUT2D eigenvalue weighted by atomic mass is 19.1. The van der Waals surface area contributed by atoms with Gasteiger partial charge in [0.2, 0.25) is 0 Å². The summed E-state index contributed by atoms with van der Waals surface area (Å²) >= 11 is 0. The van der Waals surface area contributed by atoms with Crippen LogP contribution in [-0.4, -0.2) is 33.0 Å². The van der Waals surface area contributed by atoms with Crippen molar-refractivity contribution >= 4 is 17.7 Å². The lowest BCUT2D eigenvalue weighted by molar-refractivity contribution is -0.139. The number of aliphatic carboxylic acids is 1. The molecule has 7 nitrogen and oxygen atoms in total. The zero-order valence-electron chi connectivity index (χ0n) is 21.6. The summed E-state index contributed by atoms with van der Waals surface area (Å²) in [6, 6.07) is 15.0. The van der Waals surface area contributed by atoms with Crippen molar-refractivity contribution in [2.75, 3.05) is 5.32 Å². The highest BCUT2D eigenvalue weighted by molar-refractivity contribution is 5.99.